The molecule has 0 radical (unpaired) electrons. The lowest BCUT2D eigenvalue weighted by Gasteiger charge is -2.47. The van der Waals surface area contributed by atoms with Crippen molar-refractivity contribution < 1.29 is 19.4 Å². The fourth-order valence-electron chi connectivity index (χ4n) is 6.59. The highest BCUT2D eigenvalue weighted by molar-refractivity contribution is 5.96. The first-order chi connectivity index (χ1) is 18.0. The quantitative estimate of drug-likeness (QED) is 0.300. The Balaban J connectivity index is 1.46. The first-order valence-corrected chi connectivity index (χ1v) is 12.5. The molecule has 2 atom stereocenters. The zero-order valence-electron chi connectivity index (χ0n) is 19.8. The van der Waals surface area contributed by atoms with E-state index in [2.05, 4.69) is 15.0 Å². The van der Waals surface area contributed by atoms with Gasteiger partial charge in [0.1, 0.15) is 22.9 Å². The van der Waals surface area contributed by atoms with Gasteiger partial charge in [0.2, 0.25) is 0 Å². The van der Waals surface area contributed by atoms with Crippen LogP contribution in [0.25, 0.3) is 44.6 Å². The third-order valence-electron chi connectivity index (χ3n) is 8.27. The Morgan fingerprint density at radius 1 is 1.00 bits per heavy atom. The van der Waals surface area contributed by atoms with Crippen molar-refractivity contribution >= 4 is 28.0 Å². The SMILES string of the molecule is O=C(O)[C@@H]1C2CCC(CC2)[C@H]1n1cc(-c2ccc(O)cc2)c2cnc(-c3c[nH]c4ncc(F)cc34)nc21. The van der Waals surface area contributed by atoms with Gasteiger partial charge in [-0.3, -0.25) is 4.79 Å². The summed E-state index contributed by atoms with van der Waals surface area (Å²) < 4.78 is 16.0. The van der Waals surface area contributed by atoms with Crippen LogP contribution < -0.4 is 0 Å². The number of halogens is 1. The largest absolute Gasteiger partial charge is 0.508 e. The van der Waals surface area contributed by atoms with Crippen molar-refractivity contribution in [1.82, 2.24) is 24.5 Å². The average Bonchev–Trinajstić information content (AvgIpc) is 3.50. The number of aromatic nitrogens is 5. The minimum atomic E-state index is -0.764. The Labute approximate surface area is 210 Å². The van der Waals surface area contributed by atoms with E-state index in [4.69, 9.17) is 4.98 Å². The number of carboxylic acids is 1. The molecule has 4 heterocycles. The van der Waals surface area contributed by atoms with Crippen LogP contribution in [0.2, 0.25) is 0 Å². The van der Waals surface area contributed by atoms with Gasteiger partial charge >= 0.3 is 5.97 Å². The van der Waals surface area contributed by atoms with E-state index in [9.17, 15) is 19.4 Å². The molecule has 2 bridgehead atoms. The summed E-state index contributed by atoms with van der Waals surface area (Å²) in [5.41, 5.74) is 3.57. The molecular weight excluding hydrogens is 473 g/mol. The third-order valence-corrected chi connectivity index (χ3v) is 8.27. The van der Waals surface area contributed by atoms with Gasteiger partial charge in [0.15, 0.2) is 5.82 Å². The van der Waals surface area contributed by atoms with E-state index in [0.717, 1.165) is 48.4 Å². The van der Waals surface area contributed by atoms with Crippen LogP contribution in [-0.4, -0.2) is 40.7 Å². The van der Waals surface area contributed by atoms with Crippen LogP contribution in [0, 0.1) is 23.6 Å². The third kappa shape index (κ3) is 3.41. The summed E-state index contributed by atoms with van der Waals surface area (Å²) in [4.78, 5) is 29.2. The molecule has 0 amide bonds. The number of phenolic OH excluding ortho intramolecular Hbond substituents is 1. The molecule has 8 nitrogen and oxygen atoms in total. The number of fused-ring (bicyclic) bond motifs is 5. The number of rotatable bonds is 4. The predicted molar refractivity (Wildman–Crippen MR) is 135 cm³/mol. The number of pyridine rings is 1. The standard InChI is InChI=1S/C28H24FN5O3/c29-17-9-19-20(11-31-25(19)30-10-17)26-32-12-21-22(14-5-7-18(35)8-6-14)13-34(27(21)33-26)24-16-3-1-15(2-4-16)23(24)28(36)37/h5-13,15-16,23-24,35H,1-4H2,(H,30,31)(H,36,37)/t15?,16?,23-,24-/m1/s1. The lowest BCUT2D eigenvalue weighted by atomic mass is 9.61. The van der Waals surface area contributed by atoms with E-state index in [-0.39, 0.29) is 23.6 Å². The Kier molecular flexibility index (Phi) is 4.82. The molecule has 3 aliphatic rings. The molecule has 5 aromatic rings. The molecule has 8 rings (SSSR count). The minimum absolute atomic E-state index is 0.144. The van der Waals surface area contributed by atoms with Gasteiger partial charge in [-0.25, -0.2) is 19.3 Å². The van der Waals surface area contributed by atoms with Gasteiger partial charge in [-0.05, 0) is 61.3 Å². The van der Waals surface area contributed by atoms with Crippen LogP contribution in [-0.2, 0) is 4.79 Å². The summed E-state index contributed by atoms with van der Waals surface area (Å²) in [5.74, 6) is -0.724. The molecule has 0 saturated heterocycles. The van der Waals surface area contributed by atoms with Crippen molar-refractivity contribution in [1.29, 1.82) is 0 Å². The average molecular weight is 498 g/mol. The van der Waals surface area contributed by atoms with Gasteiger partial charge in [0.05, 0.1) is 18.2 Å². The number of phenols is 1. The highest BCUT2D eigenvalue weighted by Crippen LogP contribution is 2.52. The zero-order chi connectivity index (χ0) is 25.3. The van der Waals surface area contributed by atoms with Gasteiger partial charge in [0, 0.05) is 40.5 Å². The number of hydrogen-bond donors (Lipinski definition) is 3. The van der Waals surface area contributed by atoms with Crippen LogP contribution in [0.3, 0.4) is 0 Å². The zero-order valence-corrected chi connectivity index (χ0v) is 19.8. The maximum atomic E-state index is 14.0. The van der Waals surface area contributed by atoms with Gasteiger partial charge < -0.3 is 19.8 Å². The molecule has 0 aliphatic heterocycles. The van der Waals surface area contributed by atoms with Gasteiger partial charge in [-0.1, -0.05) is 12.1 Å². The lowest BCUT2D eigenvalue weighted by Crippen LogP contribution is -2.44. The van der Waals surface area contributed by atoms with Crippen molar-refractivity contribution in [3.05, 3.63) is 60.9 Å². The molecule has 1 aromatic carbocycles. The fourth-order valence-corrected chi connectivity index (χ4v) is 6.59. The van der Waals surface area contributed by atoms with E-state index in [0.29, 0.717) is 28.1 Å². The number of H-pyrrole nitrogens is 1. The summed E-state index contributed by atoms with van der Waals surface area (Å²) in [5, 5.41) is 21.4. The Morgan fingerprint density at radius 2 is 1.76 bits per heavy atom. The van der Waals surface area contributed by atoms with Crippen molar-refractivity contribution in [3.8, 4) is 28.3 Å². The summed E-state index contributed by atoms with van der Waals surface area (Å²) in [6.07, 6.45) is 10.5. The van der Waals surface area contributed by atoms with Crippen molar-refractivity contribution in [2.24, 2.45) is 17.8 Å². The second kappa shape index (κ2) is 8.12. The summed E-state index contributed by atoms with van der Waals surface area (Å²) >= 11 is 0. The molecular formula is C28H24FN5O3. The first kappa shape index (κ1) is 22.0. The van der Waals surface area contributed by atoms with E-state index in [1.165, 1.54) is 6.07 Å². The van der Waals surface area contributed by atoms with Gasteiger partial charge in [0.25, 0.3) is 0 Å². The van der Waals surface area contributed by atoms with Gasteiger partial charge in [-0.2, -0.15) is 0 Å². The van der Waals surface area contributed by atoms with Gasteiger partial charge in [-0.15, -0.1) is 0 Å². The van der Waals surface area contributed by atoms with E-state index in [1.807, 2.05) is 22.9 Å². The number of carboxylic acid groups (broad SMARTS) is 1. The number of nitrogens with zero attached hydrogens (tertiary/aromatic N) is 4. The molecule has 3 aliphatic carbocycles. The normalized spacial score (nSPS) is 23.2. The molecule has 37 heavy (non-hydrogen) atoms. The number of hydrogen-bond acceptors (Lipinski definition) is 5. The Hall–Kier alpha value is -4.27. The van der Waals surface area contributed by atoms with Crippen LogP contribution in [0.1, 0.15) is 31.7 Å². The molecule has 9 heteroatoms. The predicted octanol–water partition coefficient (Wildman–Crippen LogP) is 5.55. The highest BCUT2D eigenvalue weighted by Gasteiger charge is 2.48. The fraction of sp³-hybridized carbons (Fsp3) is 0.286. The summed E-state index contributed by atoms with van der Waals surface area (Å²) in [7, 11) is 0. The summed E-state index contributed by atoms with van der Waals surface area (Å²) in [6, 6.07) is 8.11. The summed E-state index contributed by atoms with van der Waals surface area (Å²) in [6.45, 7) is 0. The van der Waals surface area contributed by atoms with E-state index >= 15 is 0 Å². The maximum absolute atomic E-state index is 14.0. The highest BCUT2D eigenvalue weighted by atomic mass is 19.1. The number of aliphatic carboxylic acids is 1. The Bertz CT molecular complexity index is 1670. The number of nitrogens with one attached hydrogen (secondary N) is 1. The van der Waals surface area contributed by atoms with Crippen LogP contribution >= 0.6 is 0 Å². The molecule has 3 fully saturated rings. The lowest BCUT2D eigenvalue weighted by molar-refractivity contribution is -0.151. The van der Waals surface area contributed by atoms with Crippen molar-refractivity contribution in [3.63, 3.8) is 0 Å². The molecule has 0 unspecified atom stereocenters. The van der Waals surface area contributed by atoms with Crippen molar-refractivity contribution in [2.45, 2.75) is 31.7 Å². The van der Waals surface area contributed by atoms with E-state index < -0.39 is 17.7 Å². The molecule has 0 spiro atoms. The van der Waals surface area contributed by atoms with Crippen LogP contribution in [0.4, 0.5) is 4.39 Å². The first-order valence-electron chi connectivity index (χ1n) is 12.5. The molecule has 3 saturated carbocycles. The number of carbonyl (C=O) groups is 1. The second-order valence-corrected chi connectivity index (χ2v) is 10.2. The van der Waals surface area contributed by atoms with E-state index in [1.54, 1.807) is 24.5 Å². The number of aromatic amines is 1. The Morgan fingerprint density at radius 3 is 2.51 bits per heavy atom. The maximum Gasteiger partial charge on any atom is 0.308 e. The monoisotopic (exact) mass is 497 g/mol. The van der Waals surface area contributed by atoms with Crippen LogP contribution in [0.5, 0.6) is 5.75 Å². The number of benzene rings is 1. The molecule has 3 N–H and O–H groups in total. The smallest absolute Gasteiger partial charge is 0.308 e. The second-order valence-electron chi connectivity index (χ2n) is 10.2. The number of aromatic hydroxyl groups is 1. The van der Waals surface area contributed by atoms with Crippen LogP contribution in [0.15, 0.2) is 55.1 Å². The van der Waals surface area contributed by atoms with Crippen molar-refractivity contribution in [2.75, 3.05) is 0 Å². The molecule has 4 aromatic heterocycles. The minimum Gasteiger partial charge on any atom is -0.508 e. The molecule has 186 valence electrons. The topological polar surface area (TPSA) is 117 Å².